The van der Waals surface area contributed by atoms with Crippen LogP contribution in [0.2, 0.25) is 0 Å². The number of hydrogen-bond donors (Lipinski definition) is 2. The SMILES string of the molecule is NCCCN1CCOCC1.O=C1c2ccccc2C(=O)c2c(F)ccc(F)c21.O=C1c2ccccc2C(=O)c2c(NCCCN3CCOCC3)ccc(F)c21. The number of rotatable bonds is 8. The van der Waals surface area contributed by atoms with Gasteiger partial charge in [-0.1, -0.05) is 48.5 Å². The van der Waals surface area contributed by atoms with Crippen molar-refractivity contribution >= 4 is 28.8 Å². The molecular formula is C42H43F3N4O6. The first-order valence-electron chi connectivity index (χ1n) is 18.4. The molecule has 0 radical (unpaired) electrons. The Bertz CT molecular complexity index is 2000. The number of nitrogens with one attached hydrogen (secondary N) is 1. The van der Waals surface area contributed by atoms with Gasteiger partial charge in [-0.15, -0.1) is 0 Å². The maximum Gasteiger partial charge on any atom is 0.197 e. The summed E-state index contributed by atoms with van der Waals surface area (Å²) in [5.41, 5.74) is 5.79. The van der Waals surface area contributed by atoms with Crippen molar-refractivity contribution in [2.24, 2.45) is 5.73 Å². The quantitative estimate of drug-likeness (QED) is 0.201. The summed E-state index contributed by atoms with van der Waals surface area (Å²) in [4.78, 5) is 54.5. The van der Waals surface area contributed by atoms with E-state index < -0.39 is 45.9 Å². The zero-order chi connectivity index (χ0) is 38.9. The maximum absolute atomic E-state index is 14.4. The summed E-state index contributed by atoms with van der Waals surface area (Å²) in [5, 5.41) is 3.22. The highest BCUT2D eigenvalue weighted by Gasteiger charge is 2.35. The zero-order valence-corrected chi connectivity index (χ0v) is 30.4. The molecule has 0 saturated carbocycles. The van der Waals surface area contributed by atoms with Crippen LogP contribution >= 0.6 is 0 Å². The molecule has 2 aliphatic heterocycles. The van der Waals surface area contributed by atoms with Crippen molar-refractivity contribution < 1.29 is 41.8 Å². The number of fused-ring (bicyclic) bond motifs is 4. The predicted octanol–water partition coefficient (Wildman–Crippen LogP) is 5.14. The van der Waals surface area contributed by atoms with E-state index in [-0.39, 0.29) is 33.6 Å². The van der Waals surface area contributed by atoms with Crippen LogP contribution in [0, 0.1) is 17.5 Å². The lowest BCUT2D eigenvalue weighted by Gasteiger charge is -2.26. The first kappa shape index (κ1) is 39.6. The molecule has 0 aromatic heterocycles. The van der Waals surface area contributed by atoms with Gasteiger partial charge in [-0.2, -0.15) is 0 Å². The molecule has 0 spiro atoms. The average Bonchev–Trinajstić information content (AvgIpc) is 3.22. The number of carbonyl (C=O) groups excluding carboxylic acids is 4. The molecular weight excluding hydrogens is 713 g/mol. The molecule has 3 N–H and O–H groups in total. The van der Waals surface area contributed by atoms with E-state index >= 15 is 0 Å². The Kier molecular flexibility index (Phi) is 13.3. The molecule has 13 heteroatoms. The van der Waals surface area contributed by atoms with Gasteiger partial charge in [0.05, 0.1) is 48.7 Å². The lowest BCUT2D eigenvalue weighted by atomic mass is 9.83. The molecule has 10 nitrogen and oxygen atoms in total. The summed E-state index contributed by atoms with van der Waals surface area (Å²) >= 11 is 0. The van der Waals surface area contributed by atoms with Crippen molar-refractivity contribution in [3.63, 3.8) is 0 Å². The number of anilines is 1. The summed E-state index contributed by atoms with van der Waals surface area (Å²) < 4.78 is 52.2. The second-order valence-electron chi connectivity index (χ2n) is 13.4. The van der Waals surface area contributed by atoms with E-state index in [0.717, 1.165) is 97.2 Å². The Morgan fingerprint density at radius 2 is 0.891 bits per heavy atom. The van der Waals surface area contributed by atoms with Crippen molar-refractivity contribution in [3.05, 3.63) is 135 Å². The van der Waals surface area contributed by atoms with Crippen LogP contribution in [0.4, 0.5) is 18.9 Å². The number of halogens is 3. The van der Waals surface area contributed by atoms with Gasteiger partial charge in [0.25, 0.3) is 0 Å². The molecule has 2 aliphatic carbocycles. The average molecular weight is 757 g/mol. The lowest BCUT2D eigenvalue weighted by molar-refractivity contribution is 0.0377. The second-order valence-corrected chi connectivity index (χ2v) is 13.4. The van der Waals surface area contributed by atoms with E-state index in [1.165, 1.54) is 18.2 Å². The summed E-state index contributed by atoms with van der Waals surface area (Å²) in [5.74, 6) is -4.46. The Balaban J connectivity index is 0.000000157. The molecule has 2 heterocycles. The fraction of sp³-hybridized carbons (Fsp3) is 0.333. The van der Waals surface area contributed by atoms with Gasteiger partial charge in [-0.25, -0.2) is 13.2 Å². The monoisotopic (exact) mass is 756 g/mol. The third-order valence-corrected chi connectivity index (χ3v) is 9.85. The van der Waals surface area contributed by atoms with E-state index in [9.17, 15) is 32.3 Å². The summed E-state index contributed by atoms with van der Waals surface area (Å²) in [6.07, 6.45) is 1.99. The Morgan fingerprint density at radius 1 is 0.527 bits per heavy atom. The van der Waals surface area contributed by atoms with Crippen molar-refractivity contribution in [1.29, 1.82) is 0 Å². The first-order valence-corrected chi connectivity index (χ1v) is 18.4. The molecule has 2 saturated heterocycles. The molecule has 0 unspecified atom stereocenters. The fourth-order valence-corrected chi connectivity index (χ4v) is 6.97. The smallest absolute Gasteiger partial charge is 0.197 e. The number of ether oxygens (including phenoxy) is 2. The van der Waals surface area contributed by atoms with E-state index in [1.54, 1.807) is 42.5 Å². The number of ketones is 4. The van der Waals surface area contributed by atoms with E-state index in [2.05, 4.69) is 15.1 Å². The number of nitrogens with two attached hydrogens (primary N) is 1. The number of carbonyl (C=O) groups is 4. The van der Waals surface area contributed by atoms with Crippen molar-refractivity contribution in [1.82, 2.24) is 9.80 Å². The highest BCUT2D eigenvalue weighted by molar-refractivity contribution is 6.30. The molecule has 8 rings (SSSR count). The Labute approximate surface area is 317 Å². The second kappa shape index (κ2) is 18.5. The van der Waals surface area contributed by atoms with Gasteiger partial charge in [-0.05, 0) is 56.7 Å². The van der Waals surface area contributed by atoms with Gasteiger partial charge < -0.3 is 20.5 Å². The van der Waals surface area contributed by atoms with Crippen molar-refractivity contribution in [2.45, 2.75) is 12.8 Å². The van der Waals surface area contributed by atoms with E-state index in [4.69, 9.17) is 15.2 Å². The number of benzene rings is 4. The Morgan fingerprint density at radius 3 is 1.31 bits per heavy atom. The van der Waals surface area contributed by atoms with E-state index in [0.29, 0.717) is 17.8 Å². The number of hydrogen-bond acceptors (Lipinski definition) is 10. The zero-order valence-electron chi connectivity index (χ0n) is 30.4. The van der Waals surface area contributed by atoms with Crippen LogP contribution < -0.4 is 11.1 Å². The van der Waals surface area contributed by atoms with Gasteiger partial charge in [0.15, 0.2) is 23.1 Å². The number of nitrogens with zero attached hydrogens (tertiary/aromatic N) is 2. The summed E-state index contributed by atoms with van der Waals surface area (Å²) in [6.45, 7) is 10.8. The van der Waals surface area contributed by atoms with Gasteiger partial charge in [0, 0.05) is 60.7 Å². The normalized spacial score (nSPS) is 16.4. The van der Waals surface area contributed by atoms with Crippen LogP contribution in [-0.4, -0.2) is 112 Å². The van der Waals surface area contributed by atoms with Crippen LogP contribution in [0.3, 0.4) is 0 Å². The standard InChI is InChI=1S/C21H21FN2O3.C14H6F2O2.C7H16N2O/c22-16-6-7-17(23-8-3-9-24-10-12-27-13-11-24)19-18(16)20(25)14-4-1-2-5-15(14)21(19)26;15-9-5-6-10(16)12-11(9)13(17)7-3-1-2-4-8(7)14(12)18;8-2-1-3-9-4-6-10-7-5-9/h1-2,4-7,23H,3,8-13H2;1-6H;1-8H2. The lowest BCUT2D eigenvalue weighted by Crippen LogP contribution is -2.37. The molecule has 0 amide bonds. The minimum Gasteiger partial charge on any atom is -0.384 e. The molecule has 2 fully saturated rings. The molecule has 0 atom stereocenters. The number of morpholine rings is 2. The Hall–Kier alpha value is -5.05. The molecule has 4 aromatic carbocycles. The van der Waals surface area contributed by atoms with Crippen molar-refractivity contribution in [3.8, 4) is 0 Å². The van der Waals surface area contributed by atoms with E-state index in [1.807, 2.05) is 0 Å². The fourth-order valence-electron chi connectivity index (χ4n) is 6.97. The van der Waals surface area contributed by atoms with Crippen LogP contribution in [-0.2, 0) is 9.47 Å². The largest absolute Gasteiger partial charge is 0.384 e. The maximum atomic E-state index is 14.4. The van der Waals surface area contributed by atoms with Crippen LogP contribution in [0.1, 0.15) is 76.5 Å². The highest BCUT2D eigenvalue weighted by atomic mass is 19.1. The van der Waals surface area contributed by atoms with Crippen molar-refractivity contribution in [2.75, 3.05) is 84.1 Å². The third-order valence-electron chi connectivity index (χ3n) is 9.85. The first-order chi connectivity index (χ1) is 26.7. The predicted molar refractivity (Wildman–Crippen MR) is 201 cm³/mol. The minimum atomic E-state index is -0.876. The molecule has 4 aliphatic rings. The topological polar surface area (TPSA) is 131 Å². The van der Waals surface area contributed by atoms with Gasteiger partial charge in [0.1, 0.15) is 17.5 Å². The summed E-state index contributed by atoms with van der Waals surface area (Å²) in [7, 11) is 0. The van der Waals surface area contributed by atoms with Crippen LogP contribution in [0.25, 0.3) is 0 Å². The minimum absolute atomic E-state index is 0.111. The van der Waals surface area contributed by atoms with Gasteiger partial charge >= 0.3 is 0 Å². The molecule has 288 valence electrons. The van der Waals surface area contributed by atoms with Gasteiger partial charge in [-0.3, -0.25) is 29.0 Å². The van der Waals surface area contributed by atoms with Gasteiger partial charge in [0.2, 0.25) is 0 Å². The van der Waals surface area contributed by atoms with Crippen LogP contribution in [0.5, 0.6) is 0 Å². The van der Waals surface area contributed by atoms with Crippen LogP contribution in [0.15, 0.2) is 72.8 Å². The highest BCUT2D eigenvalue weighted by Crippen LogP contribution is 2.34. The molecule has 4 aromatic rings. The molecule has 55 heavy (non-hydrogen) atoms. The molecule has 0 bridgehead atoms. The summed E-state index contributed by atoms with van der Waals surface area (Å²) in [6, 6.07) is 17.1. The third kappa shape index (κ3) is 8.93.